The summed E-state index contributed by atoms with van der Waals surface area (Å²) in [4.78, 5) is 24.4. The minimum atomic E-state index is -0.629. The molecule has 0 N–H and O–H groups in total. The Kier molecular flexibility index (Phi) is 6.03. The van der Waals surface area contributed by atoms with Crippen molar-refractivity contribution in [2.45, 2.75) is 20.8 Å². The highest BCUT2D eigenvalue weighted by atomic mass is 16.5. The summed E-state index contributed by atoms with van der Waals surface area (Å²) in [6.45, 7) is 6.30. The van der Waals surface area contributed by atoms with E-state index in [2.05, 4.69) is 4.74 Å². The van der Waals surface area contributed by atoms with Crippen LogP contribution in [0, 0.1) is 5.41 Å². The molecule has 0 rings (SSSR count). The van der Waals surface area contributed by atoms with Gasteiger partial charge in [0, 0.05) is 6.54 Å². The molecule has 0 aromatic carbocycles. The minimum Gasteiger partial charge on any atom is -0.469 e. The second-order valence-electron chi connectivity index (χ2n) is 4.35. The highest BCUT2D eigenvalue weighted by Crippen LogP contribution is 2.18. The number of hydrogen-bond acceptors (Lipinski definition) is 5. The molecule has 5 nitrogen and oxygen atoms in total. The largest absolute Gasteiger partial charge is 0.469 e. The Morgan fingerprint density at radius 1 is 1.31 bits per heavy atom. The number of rotatable bonds is 6. The first kappa shape index (κ1) is 14.9. The zero-order valence-electron chi connectivity index (χ0n) is 10.7. The summed E-state index contributed by atoms with van der Waals surface area (Å²) >= 11 is 0. The Labute approximate surface area is 96.7 Å². The summed E-state index contributed by atoms with van der Waals surface area (Å²) in [6, 6.07) is 0. The topological polar surface area (TPSA) is 55.8 Å². The predicted octanol–water partition coefficient (Wildman–Crippen LogP) is 0.680. The molecular weight excluding hydrogens is 210 g/mol. The van der Waals surface area contributed by atoms with Gasteiger partial charge < -0.3 is 9.47 Å². The lowest BCUT2D eigenvalue weighted by molar-refractivity contribution is -0.153. The van der Waals surface area contributed by atoms with E-state index in [0.717, 1.165) is 0 Å². The van der Waals surface area contributed by atoms with E-state index in [1.165, 1.54) is 7.11 Å². The first-order valence-corrected chi connectivity index (χ1v) is 5.26. The number of carbonyl (C=O) groups is 2. The molecule has 0 aromatic heterocycles. The van der Waals surface area contributed by atoms with E-state index in [9.17, 15) is 9.59 Å². The molecule has 0 heterocycles. The first-order chi connectivity index (χ1) is 7.33. The van der Waals surface area contributed by atoms with E-state index in [1.807, 2.05) is 0 Å². The molecule has 0 aliphatic heterocycles. The zero-order valence-corrected chi connectivity index (χ0v) is 10.7. The van der Waals surface area contributed by atoms with Crippen molar-refractivity contribution >= 4 is 11.9 Å². The van der Waals surface area contributed by atoms with Crippen LogP contribution < -0.4 is 0 Å². The molecule has 0 unspecified atom stereocenters. The van der Waals surface area contributed by atoms with Crippen molar-refractivity contribution < 1.29 is 19.1 Å². The van der Waals surface area contributed by atoms with Crippen LogP contribution in [0.15, 0.2) is 0 Å². The molecule has 0 spiro atoms. The molecule has 5 heteroatoms. The zero-order chi connectivity index (χ0) is 12.8. The Morgan fingerprint density at radius 3 is 2.31 bits per heavy atom. The number of ether oxygens (including phenoxy) is 2. The molecule has 0 radical (unpaired) electrons. The summed E-state index contributed by atoms with van der Waals surface area (Å²) in [5.74, 6) is -0.575. The number of esters is 2. The Morgan fingerprint density at radius 2 is 1.88 bits per heavy atom. The Balaban J connectivity index is 4.17. The molecule has 16 heavy (non-hydrogen) atoms. The van der Waals surface area contributed by atoms with Crippen LogP contribution in [0.3, 0.4) is 0 Å². The number of likely N-dealkylation sites (N-methyl/N-ethyl adjacent to an activating group) is 1. The summed E-state index contributed by atoms with van der Waals surface area (Å²) in [7, 11) is 3.12. The maximum Gasteiger partial charge on any atom is 0.320 e. The van der Waals surface area contributed by atoms with Crippen molar-refractivity contribution in [1.29, 1.82) is 0 Å². The molecule has 0 aliphatic rings. The van der Waals surface area contributed by atoms with Crippen molar-refractivity contribution in [2.24, 2.45) is 5.41 Å². The fourth-order valence-electron chi connectivity index (χ4n) is 1.50. The Bertz CT molecular complexity index is 250. The van der Waals surface area contributed by atoms with Crippen LogP contribution in [0.5, 0.6) is 0 Å². The second kappa shape index (κ2) is 6.48. The lowest BCUT2D eigenvalue weighted by Crippen LogP contribution is -2.40. The van der Waals surface area contributed by atoms with Gasteiger partial charge in [0.25, 0.3) is 0 Å². The van der Waals surface area contributed by atoms with E-state index in [1.54, 1.807) is 32.7 Å². The van der Waals surface area contributed by atoms with Gasteiger partial charge in [0.1, 0.15) is 0 Å². The van der Waals surface area contributed by atoms with Gasteiger partial charge in [-0.15, -0.1) is 0 Å². The quantitative estimate of drug-likeness (QED) is 0.629. The average Bonchev–Trinajstić information content (AvgIpc) is 2.15. The standard InChI is InChI=1S/C11H21NO4/c1-6-16-9(13)7-12(4)8-11(2,3)10(14)15-5/h6-8H2,1-5H3. The van der Waals surface area contributed by atoms with Gasteiger partial charge in [-0.25, -0.2) is 0 Å². The molecule has 0 atom stereocenters. The van der Waals surface area contributed by atoms with E-state index in [-0.39, 0.29) is 18.5 Å². The minimum absolute atomic E-state index is 0.175. The fraction of sp³-hybridized carbons (Fsp3) is 0.818. The van der Waals surface area contributed by atoms with Gasteiger partial charge in [-0.1, -0.05) is 0 Å². The predicted molar refractivity (Wildman–Crippen MR) is 59.9 cm³/mol. The lowest BCUT2D eigenvalue weighted by atomic mass is 9.93. The molecule has 0 amide bonds. The third-order valence-electron chi connectivity index (χ3n) is 2.11. The highest BCUT2D eigenvalue weighted by molar-refractivity contribution is 5.76. The molecule has 0 aromatic rings. The molecule has 0 saturated heterocycles. The number of methoxy groups -OCH3 is 1. The fourth-order valence-corrected chi connectivity index (χ4v) is 1.50. The van der Waals surface area contributed by atoms with Crippen LogP contribution in [0.1, 0.15) is 20.8 Å². The molecule has 0 aliphatic carbocycles. The SMILES string of the molecule is CCOC(=O)CN(C)CC(C)(C)C(=O)OC. The molecule has 0 fully saturated rings. The average molecular weight is 231 g/mol. The lowest BCUT2D eigenvalue weighted by Gasteiger charge is -2.27. The number of nitrogens with zero attached hydrogens (tertiary/aromatic N) is 1. The molecule has 0 saturated carbocycles. The van der Waals surface area contributed by atoms with Crippen molar-refractivity contribution in [3.05, 3.63) is 0 Å². The van der Waals surface area contributed by atoms with Crippen LogP contribution in [0.25, 0.3) is 0 Å². The third-order valence-corrected chi connectivity index (χ3v) is 2.11. The highest BCUT2D eigenvalue weighted by Gasteiger charge is 2.30. The number of hydrogen-bond donors (Lipinski definition) is 0. The van der Waals surface area contributed by atoms with Crippen molar-refractivity contribution in [2.75, 3.05) is 33.9 Å². The van der Waals surface area contributed by atoms with Gasteiger partial charge in [0.15, 0.2) is 0 Å². The molecular formula is C11H21NO4. The van der Waals surface area contributed by atoms with Crippen molar-refractivity contribution in [3.8, 4) is 0 Å². The van der Waals surface area contributed by atoms with Gasteiger partial charge in [-0.2, -0.15) is 0 Å². The van der Waals surface area contributed by atoms with Gasteiger partial charge in [0.05, 0.1) is 25.7 Å². The van der Waals surface area contributed by atoms with Gasteiger partial charge in [0.2, 0.25) is 0 Å². The molecule has 94 valence electrons. The summed E-state index contributed by atoms with van der Waals surface area (Å²) < 4.78 is 9.50. The van der Waals surface area contributed by atoms with Crippen LogP contribution in [-0.2, 0) is 19.1 Å². The van der Waals surface area contributed by atoms with E-state index in [4.69, 9.17) is 4.74 Å². The normalized spacial score (nSPS) is 11.4. The second-order valence-corrected chi connectivity index (χ2v) is 4.35. The van der Waals surface area contributed by atoms with Crippen LogP contribution in [0.4, 0.5) is 0 Å². The van der Waals surface area contributed by atoms with Crippen LogP contribution in [-0.4, -0.2) is 50.7 Å². The van der Waals surface area contributed by atoms with Gasteiger partial charge in [-0.05, 0) is 27.8 Å². The van der Waals surface area contributed by atoms with E-state index in [0.29, 0.717) is 13.2 Å². The maximum atomic E-state index is 11.4. The first-order valence-electron chi connectivity index (χ1n) is 5.26. The maximum absolute atomic E-state index is 11.4. The van der Waals surface area contributed by atoms with Gasteiger partial charge >= 0.3 is 11.9 Å². The Hall–Kier alpha value is -1.10. The summed E-state index contributed by atoms with van der Waals surface area (Å²) in [6.07, 6.45) is 0. The smallest absolute Gasteiger partial charge is 0.320 e. The van der Waals surface area contributed by atoms with Crippen LogP contribution >= 0.6 is 0 Å². The number of carbonyl (C=O) groups excluding carboxylic acids is 2. The van der Waals surface area contributed by atoms with Crippen molar-refractivity contribution in [3.63, 3.8) is 0 Å². The van der Waals surface area contributed by atoms with Gasteiger partial charge in [-0.3, -0.25) is 14.5 Å². The molecule has 0 bridgehead atoms. The van der Waals surface area contributed by atoms with Crippen molar-refractivity contribution in [1.82, 2.24) is 4.90 Å². The summed E-state index contributed by atoms with van der Waals surface area (Å²) in [5, 5.41) is 0. The van der Waals surface area contributed by atoms with E-state index >= 15 is 0 Å². The monoisotopic (exact) mass is 231 g/mol. The third kappa shape index (κ3) is 5.11. The van der Waals surface area contributed by atoms with E-state index < -0.39 is 5.41 Å². The van der Waals surface area contributed by atoms with Crippen LogP contribution in [0.2, 0.25) is 0 Å². The summed E-state index contributed by atoms with van der Waals surface area (Å²) in [5.41, 5.74) is -0.629.